The van der Waals surface area contributed by atoms with Crippen LogP contribution in [0.1, 0.15) is 64.2 Å². The van der Waals surface area contributed by atoms with Crippen LogP contribution < -0.4 is 10.6 Å². The van der Waals surface area contributed by atoms with Gasteiger partial charge in [0, 0.05) is 6.54 Å². The Morgan fingerprint density at radius 1 is 1.10 bits per heavy atom. The van der Waals surface area contributed by atoms with Gasteiger partial charge in [-0.3, -0.25) is 0 Å². The third-order valence-electron chi connectivity index (χ3n) is 4.77. The minimum atomic E-state index is -1.03. The molecule has 0 aromatic carbocycles. The van der Waals surface area contributed by atoms with Crippen molar-refractivity contribution in [1.29, 1.82) is 0 Å². The second kappa shape index (κ2) is 6.95. The summed E-state index contributed by atoms with van der Waals surface area (Å²) in [6.45, 7) is 0.637. The average Bonchev–Trinajstić information content (AvgIpc) is 3.06. The standard InChI is InChI=1S/C15H26N2O3/c18-13(19)15(9-3-4-10-15)17-14(20)16-11-5-8-12-6-1-2-7-12/h12H,1-11H2,(H,18,19)(H2,16,17,20). The Labute approximate surface area is 120 Å². The van der Waals surface area contributed by atoms with Crippen LogP contribution in [0, 0.1) is 5.92 Å². The predicted octanol–water partition coefficient (Wildman–Crippen LogP) is 2.65. The largest absolute Gasteiger partial charge is 0.480 e. The molecule has 2 fully saturated rings. The molecule has 2 aliphatic carbocycles. The second-order valence-electron chi connectivity index (χ2n) is 6.27. The smallest absolute Gasteiger partial charge is 0.329 e. The highest BCUT2D eigenvalue weighted by Gasteiger charge is 2.42. The van der Waals surface area contributed by atoms with Gasteiger partial charge in [-0.15, -0.1) is 0 Å². The summed E-state index contributed by atoms with van der Waals surface area (Å²) in [6, 6.07) is -0.333. The summed E-state index contributed by atoms with van der Waals surface area (Å²) >= 11 is 0. The zero-order valence-electron chi connectivity index (χ0n) is 12.1. The van der Waals surface area contributed by atoms with E-state index in [2.05, 4.69) is 10.6 Å². The van der Waals surface area contributed by atoms with Gasteiger partial charge >= 0.3 is 12.0 Å². The van der Waals surface area contributed by atoms with Gasteiger partial charge in [0.15, 0.2) is 0 Å². The van der Waals surface area contributed by atoms with E-state index in [4.69, 9.17) is 0 Å². The van der Waals surface area contributed by atoms with Crippen LogP contribution in [-0.2, 0) is 4.79 Å². The molecule has 0 spiro atoms. The molecule has 0 aliphatic heterocycles. The van der Waals surface area contributed by atoms with Crippen LogP contribution in [0.5, 0.6) is 0 Å². The van der Waals surface area contributed by atoms with Crippen molar-refractivity contribution in [2.45, 2.75) is 69.7 Å². The van der Waals surface area contributed by atoms with Crippen LogP contribution in [0.2, 0.25) is 0 Å². The number of urea groups is 1. The van der Waals surface area contributed by atoms with Gasteiger partial charge in [-0.25, -0.2) is 9.59 Å². The van der Waals surface area contributed by atoms with E-state index in [0.29, 0.717) is 19.4 Å². The van der Waals surface area contributed by atoms with Crippen LogP contribution in [0.25, 0.3) is 0 Å². The molecule has 5 heteroatoms. The highest BCUT2D eigenvalue weighted by atomic mass is 16.4. The van der Waals surface area contributed by atoms with Crippen molar-refractivity contribution >= 4 is 12.0 Å². The molecular weight excluding hydrogens is 256 g/mol. The quantitative estimate of drug-likeness (QED) is 0.655. The first-order valence-corrected chi connectivity index (χ1v) is 7.92. The minimum absolute atomic E-state index is 0.333. The van der Waals surface area contributed by atoms with Gasteiger partial charge in [0.1, 0.15) is 5.54 Å². The molecule has 5 nitrogen and oxygen atoms in total. The highest BCUT2D eigenvalue weighted by Crippen LogP contribution is 2.30. The van der Waals surface area contributed by atoms with Gasteiger partial charge in [-0.2, -0.15) is 0 Å². The Kier molecular flexibility index (Phi) is 5.26. The van der Waals surface area contributed by atoms with Crippen molar-refractivity contribution in [3.8, 4) is 0 Å². The molecule has 0 atom stereocenters. The highest BCUT2D eigenvalue weighted by molar-refractivity contribution is 5.86. The number of rotatable bonds is 6. The summed E-state index contributed by atoms with van der Waals surface area (Å²) in [6.07, 6.45) is 10.3. The summed E-state index contributed by atoms with van der Waals surface area (Å²) in [5.74, 6) is -0.0730. The molecular formula is C15H26N2O3. The summed E-state index contributed by atoms with van der Waals surface area (Å²) in [4.78, 5) is 23.1. The lowest BCUT2D eigenvalue weighted by atomic mass is 9.98. The SMILES string of the molecule is O=C(NCCCC1CCCC1)NC1(C(=O)O)CCCC1. The van der Waals surface area contributed by atoms with Crippen molar-refractivity contribution in [3.63, 3.8) is 0 Å². The molecule has 0 saturated heterocycles. The summed E-state index contributed by atoms with van der Waals surface area (Å²) in [5.41, 5.74) is -1.03. The van der Waals surface area contributed by atoms with E-state index in [1.165, 1.54) is 32.1 Å². The maximum atomic E-state index is 11.8. The first-order valence-electron chi connectivity index (χ1n) is 7.92. The number of carboxylic acid groups (broad SMARTS) is 1. The van der Waals surface area contributed by atoms with E-state index >= 15 is 0 Å². The van der Waals surface area contributed by atoms with E-state index in [1.807, 2.05) is 0 Å². The summed E-state index contributed by atoms with van der Waals surface area (Å²) < 4.78 is 0. The molecule has 2 saturated carbocycles. The summed E-state index contributed by atoms with van der Waals surface area (Å²) in [5, 5.41) is 14.8. The van der Waals surface area contributed by atoms with Crippen LogP contribution in [-0.4, -0.2) is 29.2 Å². The molecule has 0 bridgehead atoms. The lowest BCUT2D eigenvalue weighted by molar-refractivity contribution is -0.144. The minimum Gasteiger partial charge on any atom is -0.480 e. The molecule has 0 unspecified atom stereocenters. The second-order valence-corrected chi connectivity index (χ2v) is 6.27. The molecule has 0 heterocycles. The zero-order valence-corrected chi connectivity index (χ0v) is 12.1. The lowest BCUT2D eigenvalue weighted by Gasteiger charge is -2.25. The number of carbonyl (C=O) groups is 2. The Bertz CT molecular complexity index is 345. The van der Waals surface area contributed by atoms with E-state index in [1.54, 1.807) is 0 Å². The number of amides is 2. The van der Waals surface area contributed by atoms with Gasteiger partial charge in [0.2, 0.25) is 0 Å². The molecule has 2 rings (SSSR count). The molecule has 0 aromatic heterocycles. The maximum Gasteiger partial charge on any atom is 0.329 e. The monoisotopic (exact) mass is 282 g/mol. The van der Waals surface area contributed by atoms with Crippen molar-refractivity contribution in [3.05, 3.63) is 0 Å². The van der Waals surface area contributed by atoms with Crippen molar-refractivity contribution in [2.24, 2.45) is 5.92 Å². The van der Waals surface area contributed by atoms with Crippen molar-refractivity contribution in [1.82, 2.24) is 10.6 Å². The van der Waals surface area contributed by atoms with E-state index < -0.39 is 11.5 Å². The van der Waals surface area contributed by atoms with Gasteiger partial charge in [-0.05, 0) is 31.6 Å². The fourth-order valence-electron chi connectivity index (χ4n) is 3.52. The third kappa shape index (κ3) is 3.87. The predicted molar refractivity (Wildman–Crippen MR) is 76.6 cm³/mol. The Balaban J connectivity index is 1.65. The van der Waals surface area contributed by atoms with E-state index in [9.17, 15) is 14.7 Å². The maximum absolute atomic E-state index is 11.8. The molecule has 20 heavy (non-hydrogen) atoms. The van der Waals surface area contributed by atoms with Gasteiger partial charge < -0.3 is 15.7 Å². The van der Waals surface area contributed by atoms with Gasteiger partial charge in [0.25, 0.3) is 0 Å². The van der Waals surface area contributed by atoms with Crippen LogP contribution in [0.4, 0.5) is 4.79 Å². The number of nitrogens with one attached hydrogen (secondary N) is 2. The van der Waals surface area contributed by atoms with E-state index in [0.717, 1.165) is 25.2 Å². The lowest BCUT2D eigenvalue weighted by Crippen LogP contribution is -2.55. The average molecular weight is 282 g/mol. The van der Waals surface area contributed by atoms with E-state index in [-0.39, 0.29) is 6.03 Å². The number of hydrogen-bond donors (Lipinski definition) is 3. The van der Waals surface area contributed by atoms with Crippen LogP contribution in [0.3, 0.4) is 0 Å². The third-order valence-corrected chi connectivity index (χ3v) is 4.77. The molecule has 2 amide bonds. The Hall–Kier alpha value is -1.26. The number of carbonyl (C=O) groups excluding carboxylic acids is 1. The molecule has 0 aromatic rings. The first-order chi connectivity index (χ1) is 9.62. The number of hydrogen-bond acceptors (Lipinski definition) is 2. The molecule has 114 valence electrons. The summed E-state index contributed by atoms with van der Waals surface area (Å²) in [7, 11) is 0. The zero-order chi connectivity index (χ0) is 14.4. The number of carboxylic acids is 1. The fourth-order valence-corrected chi connectivity index (χ4v) is 3.52. The molecule has 2 aliphatic rings. The Morgan fingerprint density at radius 3 is 2.35 bits per heavy atom. The topological polar surface area (TPSA) is 78.4 Å². The fraction of sp³-hybridized carbons (Fsp3) is 0.867. The molecule has 3 N–H and O–H groups in total. The Morgan fingerprint density at radius 2 is 1.75 bits per heavy atom. The van der Waals surface area contributed by atoms with Gasteiger partial charge in [-0.1, -0.05) is 38.5 Å². The van der Waals surface area contributed by atoms with Gasteiger partial charge in [0.05, 0.1) is 0 Å². The van der Waals surface area contributed by atoms with Crippen molar-refractivity contribution in [2.75, 3.05) is 6.54 Å². The van der Waals surface area contributed by atoms with Crippen LogP contribution >= 0.6 is 0 Å². The number of aliphatic carboxylic acids is 1. The van der Waals surface area contributed by atoms with Crippen LogP contribution in [0.15, 0.2) is 0 Å². The first kappa shape index (κ1) is 15.1. The molecule has 0 radical (unpaired) electrons. The van der Waals surface area contributed by atoms with Crippen molar-refractivity contribution < 1.29 is 14.7 Å². The normalized spacial score (nSPS) is 21.8.